The summed E-state index contributed by atoms with van der Waals surface area (Å²) in [5.41, 5.74) is 1.93. The van der Waals surface area contributed by atoms with Crippen LogP contribution in [0.4, 0.5) is 5.69 Å². The van der Waals surface area contributed by atoms with Gasteiger partial charge in [0.15, 0.2) is 0 Å². The van der Waals surface area contributed by atoms with Crippen molar-refractivity contribution in [2.45, 2.75) is 20.3 Å². The van der Waals surface area contributed by atoms with Gasteiger partial charge in [0.05, 0.1) is 12.5 Å². The van der Waals surface area contributed by atoms with Crippen molar-refractivity contribution in [3.05, 3.63) is 29.8 Å². The van der Waals surface area contributed by atoms with Crippen molar-refractivity contribution in [2.75, 3.05) is 31.6 Å². The summed E-state index contributed by atoms with van der Waals surface area (Å²) in [5, 5.41) is 2.51. The number of benzene rings is 1. The Morgan fingerprint density at radius 2 is 1.96 bits per heavy atom. The molecule has 1 unspecified atom stereocenters. The highest BCUT2D eigenvalue weighted by Gasteiger charge is 2.37. The number of carbonyl (C=O) groups is 3. The van der Waals surface area contributed by atoms with Gasteiger partial charge in [-0.05, 0) is 26.0 Å². The van der Waals surface area contributed by atoms with Gasteiger partial charge in [0.2, 0.25) is 17.7 Å². The molecule has 3 amide bonds. The molecule has 0 aromatic heterocycles. The van der Waals surface area contributed by atoms with E-state index in [1.807, 2.05) is 38.1 Å². The lowest BCUT2D eigenvalue weighted by atomic mass is 10.1. The molecule has 0 bridgehead atoms. The maximum Gasteiger partial charge on any atom is 0.239 e. The summed E-state index contributed by atoms with van der Waals surface area (Å²) in [4.78, 5) is 39.5. The third kappa shape index (κ3) is 3.88. The van der Waals surface area contributed by atoms with Crippen molar-refractivity contribution in [1.82, 2.24) is 10.2 Å². The summed E-state index contributed by atoms with van der Waals surface area (Å²) < 4.78 is 0. The average Bonchev–Trinajstić information content (AvgIpc) is 2.94. The summed E-state index contributed by atoms with van der Waals surface area (Å²) in [6, 6.07) is 7.67. The van der Waals surface area contributed by atoms with Gasteiger partial charge in [-0.2, -0.15) is 0 Å². The van der Waals surface area contributed by atoms with Crippen LogP contribution in [0.25, 0.3) is 0 Å². The van der Waals surface area contributed by atoms with Crippen molar-refractivity contribution in [3.63, 3.8) is 0 Å². The van der Waals surface area contributed by atoms with E-state index in [1.54, 1.807) is 11.9 Å². The Hall–Kier alpha value is -2.37. The number of anilines is 1. The highest BCUT2D eigenvalue weighted by molar-refractivity contribution is 6.00. The van der Waals surface area contributed by atoms with Gasteiger partial charge in [-0.1, -0.05) is 17.7 Å². The maximum atomic E-state index is 12.6. The second-order valence-corrected chi connectivity index (χ2v) is 5.77. The molecule has 1 heterocycles. The molecule has 6 nitrogen and oxygen atoms in total. The zero-order valence-electron chi connectivity index (χ0n) is 13.8. The van der Waals surface area contributed by atoms with E-state index in [4.69, 9.17) is 0 Å². The lowest BCUT2D eigenvalue weighted by Crippen LogP contribution is -2.43. The van der Waals surface area contributed by atoms with Gasteiger partial charge in [0, 0.05) is 32.2 Å². The van der Waals surface area contributed by atoms with Crippen LogP contribution in [0.5, 0.6) is 0 Å². The van der Waals surface area contributed by atoms with Gasteiger partial charge >= 0.3 is 0 Å². The molecule has 1 atom stereocenters. The minimum absolute atomic E-state index is 0.0288. The summed E-state index contributed by atoms with van der Waals surface area (Å²) in [6.07, 6.45) is 0.191. The SMILES string of the molecule is CCN(CC(=O)NC)C(=O)C1CC(=O)N(c2ccc(C)cc2)C1. The van der Waals surface area contributed by atoms with Gasteiger partial charge < -0.3 is 15.1 Å². The Morgan fingerprint density at radius 3 is 2.52 bits per heavy atom. The highest BCUT2D eigenvalue weighted by atomic mass is 16.2. The molecule has 0 spiro atoms. The van der Waals surface area contributed by atoms with Crippen molar-refractivity contribution < 1.29 is 14.4 Å². The van der Waals surface area contributed by atoms with Gasteiger partial charge in [-0.15, -0.1) is 0 Å². The number of aryl methyl sites for hydroxylation is 1. The van der Waals surface area contributed by atoms with Gasteiger partial charge in [0.1, 0.15) is 0 Å². The topological polar surface area (TPSA) is 69.7 Å². The number of nitrogens with one attached hydrogen (secondary N) is 1. The van der Waals surface area contributed by atoms with Gasteiger partial charge in [-0.25, -0.2) is 0 Å². The molecular weight excluding hydrogens is 294 g/mol. The Labute approximate surface area is 136 Å². The van der Waals surface area contributed by atoms with E-state index in [0.29, 0.717) is 13.1 Å². The summed E-state index contributed by atoms with van der Waals surface area (Å²) in [7, 11) is 1.54. The lowest BCUT2D eigenvalue weighted by Gasteiger charge is -2.23. The monoisotopic (exact) mass is 317 g/mol. The number of amides is 3. The fourth-order valence-corrected chi connectivity index (χ4v) is 2.70. The zero-order chi connectivity index (χ0) is 17.0. The van der Waals surface area contributed by atoms with Crippen molar-refractivity contribution >= 4 is 23.4 Å². The molecule has 1 aromatic rings. The Morgan fingerprint density at radius 1 is 1.30 bits per heavy atom. The summed E-state index contributed by atoms with van der Waals surface area (Å²) >= 11 is 0. The third-order valence-corrected chi connectivity index (χ3v) is 4.13. The number of hydrogen-bond donors (Lipinski definition) is 1. The molecule has 0 saturated carbocycles. The van der Waals surface area contributed by atoms with E-state index >= 15 is 0 Å². The predicted octanol–water partition coefficient (Wildman–Crippen LogP) is 0.942. The fraction of sp³-hybridized carbons (Fsp3) is 0.471. The van der Waals surface area contributed by atoms with E-state index < -0.39 is 5.92 Å². The lowest BCUT2D eigenvalue weighted by molar-refractivity contribution is -0.139. The van der Waals surface area contributed by atoms with Crippen LogP contribution in [0.15, 0.2) is 24.3 Å². The molecule has 1 N–H and O–H groups in total. The molecule has 0 aliphatic carbocycles. The van der Waals surface area contributed by atoms with E-state index in [0.717, 1.165) is 11.3 Å². The number of likely N-dealkylation sites (N-methyl/N-ethyl adjacent to an activating group) is 2. The molecule has 1 aliphatic rings. The molecule has 0 radical (unpaired) electrons. The predicted molar refractivity (Wildman–Crippen MR) is 88.0 cm³/mol. The number of rotatable bonds is 5. The van der Waals surface area contributed by atoms with Gasteiger partial charge in [0.25, 0.3) is 0 Å². The molecular formula is C17H23N3O3. The molecule has 124 valence electrons. The van der Waals surface area contributed by atoms with Crippen LogP contribution < -0.4 is 10.2 Å². The number of hydrogen-bond acceptors (Lipinski definition) is 3. The first-order valence-corrected chi connectivity index (χ1v) is 7.82. The summed E-state index contributed by atoms with van der Waals surface area (Å²) in [6.45, 7) is 4.66. The standard InChI is InChI=1S/C17H23N3O3/c1-4-19(11-15(21)18-3)17(23)13-9-16(22)20(10-13)14-7-5-12(2)6-8-14/h5-8,13H,4,9-11H2,1-3H3,(H,18,21). The molecule has 2 rings (SSSR count). The van der Waals surface area contributed by atoms with Crippen molar-refractivity contribution in [1.29, 1.82) is 0 Å². The Kier molecular flexibility index (Phi) is 5.36. The molecule has 23 heavy (non-hydrogen) atoms. The van der Waals surface area contributed by atoms with Crippen LogP contribution in [-0.2, 0) is 14.4 Å². The first-order valence-electron chi connectivity index (χ1n) is 7.82. The smallest absolute Gasteiger partial charge is 0.239 e. The maximum absolute atomic E-state index is 12.6. The molecule has 1 aromatic carbocycles. The number of nitrogens with zero attached hydrogens (tertiary/aromatic N) is 2. The van der Waals surface area contributed by atoms with Crippen molar-refractivity contribution in [3.8, 4) is 0 Å². The van der Waals surface area contributed by atoms with E-state index in [1.165, 1.54) is 4.90 Å². The Balaban J connectivity index is 2.07. The minimum Gasteiger partial charge on any atom is -0.358 e. The van der Waals surface area contributed by atoms with Crippen LogP contribution in [-0.4, -0.2) is 49.3 Å². The zero-order valence-corrected chi connectivity index (χ0v) is 13.8. The van der Waals surface area contributed by atoms with Crippen LogP contribution in [0.2, 0.25) is 0 Å². The van der Waals surface area contributed by atoms with Crippen LogP contribution >= 0.6 is 0 Å². The third-order valence-electron chi connectivity index (χ3n) is 4.13. The van der Waals surface area contributed by atoms with E-state index in [9.17, 15) is 14.4 Å². The molecule has 1 fully saturated rings. The van der Waals surface area contributed by atoms with E-state index in [-0.39, 0.29) is 30.7 Å². The Bertz CT molecular complexity index is 598. The van der Waals surface area contributed by atoms with E-state index in [2.05, 4.69) is 5.32 Å². The second kappa shape index (κ2) is 7.26. The van der Waals surface area contributed by atoms with Crippen molar-refractivity contribution in [2.24, 2.45) is 5.92 Å². The second-order valence-electron chi connectivity index (χ2n) is 5.77. The molecule has 1 saturated heterocycles. The molecule has 1 aliphatic heterocycles. The fourth-order valence-electron chi connectivity index (χ4n) is 2.70. The minimum atomic E-state index is -0.395. The highest BCUT2D eigenvalue weighted by Crippen LogP contribution is 2.26. The van der Waals surface area contributed by atoms with Crippen LogP contribution in [0, 0.1) is 12.8 Å². The number of carbonyl (C=O) groups excluding carboxylic acids is 3. The van der Waals surface area contributed by atoms with Crippen LogP contribution in [0.3, 0.4) is 0 Å². The summed E-state index contributed by atoms with van der Waals surface area (Å²) in [5.74, 6) is -0.796. The largest absolute Gasteiger partial charge is 0.358 e. The average molecular weight is 317 g/mol. The first kappa shape index (κ1) is 17.0. The van der Waals surface area contributed by atoms with Crippen LogP contribution in [0.1, 0.15) is 18.9 Å². The quantitative estimate of drug-likeness (QED) is 0.879. The normalized spacial score (nSPS) is 17.3. The molecule has 6 heteroatoms. The van der Waals surface area contributed by atoms with Gasteiger partial charge in [-0.3, -0.25) is 14.4 Å². The first-order chi connectivity index (χ1) is 11.0.